The molecule has 0 atom stereocenters. The average molecular weight is 395 g/mol. The number of hydrogen-bond acceptors (Lipinski definition) is 3. The molecule has 158 valence electrons. The maximum atomic E-state index is 5.74. The summed E-state index contributed by atoms with van der Waals surface area (Å²) in [6.45, 7) is 5.31. The van der Waals surface area contributed by atoms with Gasteiger partial charge in [-0.15, -0.1) is 0 Å². The van der Waals surface area contributed by atoms with Crippen LogP contribution in [0.15, 0.2) is 36.7 Å². The first-order valence-corrected chi connectivity index (χ1v) is 11.8. The Morgan fingerprint density at radius 2 is 1.55 bits per heavy atom. The SMILES string of the molecule is CCCCCCOc1cnc(-c2ccc(CC[C@H]3CC[C@H](CC)CC3)cc2)nc1. The molecule has 0 unspecified atom stereocenters. The van der Waals surface area contributed by atoms with Crippen LogP contribution in [0.4, 0.5) is 0 Å². The van der Waals surface area contributed by atoms with Crippen LogP contribution in [0.5, 0.6) is 5.75 Å². The van der Waals surface area contributed by atoms with E-state index in [2.05, 4.69) is 48.1 Å². The van der Waals surface area contributed by atoms with Gasteiger partial charge < -0.3 is 4.74 Å². The van der Waals surface area contributed by atoms with Gasteiger partial charge in [-0.25, -0.2) is 9.97 Å². The molecule has 0 N–H and O–H groups in total. The molecule has 0 amide bonds. The van der Waals surface area contributed by atoms with Crippen molar-refractivity contribution in [3.05, 3.63) is 42.2 Å². The number of ether oxygens (including phenoxy) is 1. The largest absolute Gasteiger partial charge is 0.490 e. The molecular formula is C26H38N2O. The molecule has 1 aliphatic carbocycles. The summed E-state index contributed by atoms with van der Waals surface area (Å²) in [5.41, 5.74) is 2.50. The zero-order valence-electron chi connectivity index (χ0n) is 18.4. The van der Waals surface area contributed by atoms with Crippen molar-refractivity contribution in [3.63, 3.8) is 0 Å². The van der Waals surface area contributed by atoms with Crippen molar-refractivity contribution >= 4 is 0 Å². The Bertz CT molecular complexity index is 688. The van der Waals surface area contributed by atoms with Gasteiger partial charge in [-0.2, -0.15) is 0 Å². The molecule has 1 aromatic heterocycles. The molecule has 0 aliphatic heterocycles. The molecule has 3 heteroatoms. The number of benzene rings is 1. The highest BCUT2D eigenvalue weighted by atomic mass is 16.5. The fraction of sp³-hybridized carbons (Fsp3) is 0.615. The van der Waals surface area contributed by atoms with Crippen LogP contribution < -0.4 is 4.74 Å². The van der Waals surface area contributed by atoms with Gasteiger partial charge in [0, 0.05) is 5.56 Å². The summed E-state index contributed by atoms with van der Waals surface area (Å²) in [6.07, 6.45) is 18.0. The quantitative estimate of drug-likeness (QED) is 0.376. The minimum absolute atomic E-state index is 0.748. The first-order chi connectivity index (χ1) is 14.3. The van der Waals surface area contributed by atoms with Crippen molar-refractivity contribution in [1.82, 2.24) is 9.97 Å². The Balaban J connectivity index is 1.43. The van der Waals surface area contributed by atoms with Crippen LogP contribution >= 0.6 is 0 Å². The lowest BCUT2D eigenvalue weighted by Crippen LogP contribution is -2.14. The molecule has 2 aromatic rings. The highest BCUT2D eigenvalue weighted by molar-refractivity contribution is 5.55. The van der Waals surface area contributed by atoms with Crippen molar-refractivity contribution in [2.75, 3.05) is 6.61 Å². The second-order valence-corrected chi connectivity index (χ2v) is 8.68. The fourth-order valence-electron chi connectivity index (χ4n) is 4.38. The summed E-state index contributed by atoms with van der Waals surface area (Å²) in [5, 5.41) is 0. The molecule has 29 heavy (non-hydrogen) atoms. The van der Waals surface area contributed by atoms with E-state index in [4.69, 9.17) is 4.74 Å². The van der Waals surface area contributed by atoms with Gasteiger partial charge in [0.2, 0.25) is 0 Å². The van der Waals surface area contributed by atoms with Gasteiger partial charge in [0.25, 0.3) is 0 Å². The van der Waals surface area contributed by atoms with Crippen LogP contribution in [-0.2, 0) is 6.42 Å². The van der Waals surface area contributed by atoms with Crippen LogP contribution in [0.25, 0.3) is 11.4 Å². The molecule has 0 spiro atoms. The fourth-order valence-corrected chi connectivity index (χ4v) is 4.38. The average Bonchev–Trinajstić information content (AvgIpc) is 2.79. The maximum absolute atomic E-state index is 5.74. The van der Waals surface area contributed by atoms with Crippen molar-refractivity contribution < 1.29 is 4.74 Å². The first kappa shape index (κ1) is 21.8. The number of aryl methyl sites for hydroxylation is 1. The third-order valence-corrected chi connectivity index (χ3v) is 6.49. The van der Waals surface area contributed by atoms with Gasteiger partial charge >= 0.3 is 0 Å². The minimum atomic E-state index is 0.748. The van der Waals surface area contributed by atoms with Crippen molar-refractivity contribution in [2.45, 2.75) is 84.5 Å². The third-order valence-electron chi connectivity index (χ3n) is 6.49. The molecule has 0 bridgehead atoms. The van der Waals surface area contributed by atoms with E-state index in [1.54, 1.807) is 12.4 Å². The summed E-state index contributed by atoms with van der Waals surface area (Å²) in [5.74, 6) is 3.45. The Morgan fingerprint density at radius 1 is 0.862 bits per heavy atom. The lowest BCUT2D eigenvalue weighted by molar-refractivity contribution is 0.259. The molecule has 1 aromatic carbocycles. The molecular weight excluding hydrogens is 356 g/mol. The van der Waals surface area contributed by atoms with E-state index in [9.17, 15) is 0 Å². The van der Waals surface area contributed by atoms with Gasteiger partial charge in [-0.1, -0.05) is 89.5 Å². The van der Waals surface area contributed by atoms with Crippen molar-refractivity contribution in [3.8, 4) is 17.1 Å². The van der Waals surface area contributed by atoms with Crippen LogP contribution in [0.2, 0.25) is 0 Å². The molecule has 1 fully saturated rings. The zero-order chi connectivity index (χ0) is 20.3. The first-order valence-electron chi connectivity index (χ1n) is 11.8. The molecule has 0 saturated heterocycles. The Morgan fingerprint density at radius 3 is 2.21 bits per heavy atom. The Kier molecular flexibility index (Phi) is 8.98. The van der Waals surface area contributed by atoms with E-state index >= 15 is 0 Å². The second-order valence-electron chi connectivity index (χ2n) is 8.68. The van der Waals surface area contributed by atoms with E-state index in [0.29, 0.717) is 0 Å². The maximum Gasteiger partial charge on any atom is 0.159 e. The normalized spacial score (nSPS) is 19.2. The van der Waals surface area contributed by atoms with Crippen molar-refractivity contribution in [2.24, 2.45) is 11.8 Å². The van der Waals surface area contributed by atoms with Gasteiger partial charge in [-0.05, 0) is 36.7 Å². The van der Waals surface area contributed by atoms with Gasteiger partial charge in [-0.3, -0.25) is 0 Å². The number of nitrogens with zero attached hydrogens (tertiary/aromatic N) is 2. The Labute approximate surface area is 177 Å². The van der Waals surface area contributed by atoms with E-state index in [0.717, 1.165) is 42.0 Å². The molecule has 1 aliphatic rings. The predicted octanol–water partition coefficient (Wildman–Crippen LogP) is 7.25. The number of aromatic nitrogens is 2. The molecule has 1 saturated carbocycles. The highest BCUT2D eigenvalue weighted by Gasteiger charge is 2.19. The van der Waals surface area contributed by atoms with Gasteiger partial charge in [0.15, 0.2) is 11.6 Å². The van der Waals surface area contributed by atoms with E-state index in [1.807, 2.05) is 0 Å². The monoisotopic (exact) mass is 394 g/mol. The van der Waals surface area contributed by atoms with E-state index in [1.165, 1.54) is 69.8 Å². The van der Waals surface area contributed by atoms with Crippen LogP contribution in [0.1, 0.15) is 83.6 Å². The van der Waals surface area contributed by atoms with Crippen LogP contribution in [0, 0.1) is 11.8 Å². The van der Waals surface area contributed by atoms with Crippen LogP contribution in [-0.4, -0.2) is 16.6 Å². The predicted molar refractivity (Wildman–Crippen MR) is 121 cm³/mol. The summed E-state index contributed by atoms with van der Waals surface area (Å²) in [4.78, 5) is 8.98. The van der Waals surface area contributed by atoms with Crippen LogP contribution in [0.3, 0.4) is 0 Å². The number of unbranched alkanes of at least 4 members (excludes halogenated alkanes) is 3. The lowest BCUT2D eigenvalue weighted by atomic mass is 9.78. The molecule has 0 radical (unpaired) electrons. The summed E-state index contributed by atoms with van der Waals surface area (Å²) < 4.78 is 5.74. The topological polar surface area (TPSA) is 35.0 Å². The van der Waals surface area contributed by atoms with Gasteiger partial charge in [0.05, 0.1) is 19.0 Å². The second kappa shape index (κ2) is 11.9. The minimum Gasteiger partial charge on any atom is -0.490 e. The molecule has 3 nitrogen and oxygen atoms in total. The molecule has 3 rings (SSSR count). The number of rotatable bonds is 11. The molecule has 1 heterocycles. The lowest BCUT2D eigenvalue weighted by Gasteiger charge is -2.27. The Hall–Kier alpha value is -1.90. The van der Waals surface area contributed by atoms with E-state index in [-0.39, 0.29) is 0 Å². The summed E-state index contributed by atoms with van der Waals surface area (Å²) in [6, 6.07) is 8.80. The summed E-state index contributed by atoms with van der Waals surface area (Å²) >= 11 is 0. The third kappa shape index (κ3) is 7.13. The number of hydrogen-bond donors (Lipinski definition) is 0. The van der Waals surface area contributed by atoms with Crippen molar-refractivity contribution in [1.29, 1.82) is 0 Å². The standard InChI is InChI=1S/C26H38N2O/c1-3-5-6-7-18-29-25-19-27-26(28-20-25)24-16-14-23(15-17-24)13-12-22-10-8-21(4-2)9-11-22/h14-17,19-22H,3-13,18H2,1-2H3/t21-,22-. The summed E-state index contributed by atoms with van der Waals surface area (Å²) in [7, 11) is 0. The van der Waals surface area contributed by atoms with Gasteiger partial charge in [0.1, 0.15) is 0 Å². The smallest absolute Gasteiger partial charge is 0.159 e. The van der Waals surface area contributed by atoms with E-state index < -0.39 is 0 Å². The zero-order valence-corrected chi connectivity index (χ0v) is 18.4. The highest BCUT2D eigenvalue weighted by Crippen LogP contribution is 2.33.